The Balaban J connectivity index is 0.00000338. The second kappa shape index (κ2) is 10.7. The maximum Gasteiger partial charge on any atom is 0.251 e. The average Bonchev–Trinajstić information content (AvgIpc) is 2.62. The van der Waals surface area contributed by atoms with Gasteiger partial charge in [0, 0.05) is 38.3 Å². The summed E-state index contributed by atoms with van der Waals surface area (Å²) in [4.78, 5) is 14.3. The number of rotatable bonds is 8. The van der Waals surface area contributed by atoms with Crippen molar-refractivity contribution >= 4 is 28.3 Å². The van der Waals surface area contributed by atoms with Gasteiger partial charge in [-0.3, -0.25) is 4.79 Å². The fourth-order valence-electron chi connectivity index (χ4n) is 2.72. The number of hydrogen-bond acceptors (Lipinski definition) is 5. The number of halogens is 1. The maximum absolute atomic E-state index is 12.4. The Morgan fingerprint density at radius 2 is 1.73 bits per heavy atom. The van der Waals surface area contributed by atoms with Crippen LogP contribution in [-0.2, 0) is 10.0 Å². The highest BCUT2D eigenvalue weighted by molar-refractivity contribution is 7.89. The van der Waals surface area contributed by atoms with Crippen LogP contribution in [0.3, 0.4) is 0 Å². The van der Waals surface area contributed by atoms with E-state index in [1.54, 1.807) is 24.3 Å². The molecule has 148 valence electrons. The molecule has 1 aliphatic heterocycles. The summed E-state index contributed by atoms with van der Waals surface area (Å²) in [5.74, 6) is 0.337. The molecule has 0 bridgehead atoms. The first kappa shape index (κ1) is 22.7. The number of piperazine rings is 1. The van der Waals surface area contributed by atoms with E-state index in [0.29, 0.717) is 31.0 Å². The van der Waals surface area contributed by atoms with Gasteiger partial charge in [0.2, 0.25) is 10.0 Å². The van der Waals surface area contributed by atoms with E-state index in [2.05, 4.69) is 17.1 Å². The predicted molar refractivity (Wildman–Crippen MR) is 105 cm³/mol. The molecule has 0 atom stereocenters. The van der Waals surface area contributed by atoms with Crippen LogP contribution in [0.2, 0.25) is 0 Å². The van der Waals surface area contributed by atoms with Crippen LogP contribution in [0.4, 0.5) is 0 Å². The van der Waals surface area contributed by atoms with Crippen LogP contribution >= 0.6 is 12.4 Å². The molecule has 1 aromatic rings. The summed E-state index contributed by atoms with van der Waals surface area (Å²) < 4.78 is 31.6. The van der Waals surface area contributed by atoms with E-state index in [4.69, 9.17) is 4.74 Å². The minimum atomic E-state index is -3.33. The zero-order chi connectivity index (χ0) is 18.3. The Morgan fingerprint density at radius 3 is 2.27 bits per heavy atom. The first-order valence-electron chi connectivity index (χ1n) is 8.67. The molecule has 0 spiro atoms. The van der Waals surface area contributed by atoms with Crippen molar-refractivity contribution in [1.82, 2.24) is 14.5 Å². The number of benzene rings is 1. The van der Waals surface area contributed by atoms with Crippen LogP contribution in [-0.4, -0.2) is 75.2 Å². The topological polar surface area (TPSA) is 78.9 Å². The standard InChI is InChI=1S/C17H27N3O4S.ClH/c1-3-19-10-12-20(13-11-19)25(22,23)14-9-18-17(21)15-5-7-16(8-6-15)24-4-2;/h5-8H,3-4,9-14H2,1-2H3,(H,18,21);1H. The van der Waals surface area contributed by atoms with Gasteiger partial charge < -0.3 is 15.0 Å². The van der Waals surface area contributed by atoms with Gasteiger partial charge in [-0.25, -0.2) is 8.42 Å². The van der Waals surface area contributed by atoms with Crippen LogP contribution in [0.25, 0.3) is 0 Å². The number of likely N-dealkylation sites (N-methyl/N-ethyl adjacent to an activating group) is 1. The van der Waals surface area contributed by atoms with Crippen LogP contribution in [0, 0.1) is 0 Å². The highest BCUT2D eigenvalue weighted by Gasteiger charge is 2.26. The number of carbonyl (C=O) groups excluding carboxylic acids is 1. The van der Waals surface area contributed by atoms with Gasteiger partial charge in [0.25, 0.3) is 5.91 Å². The Hall–Kier alpha value is -1.35. The second-order valence-corrected chi connectivity index (χ2v) is 7.95. The molecule has 1 fully saturated rings. The van der Waals surface area contributed by atoms with E-state index in [0.717, 1.165) is 19.6 Å². The van der Waals surface area contributed by atoms with Crippen molar-refractivity contribution < 1.29 is 17.9 Å². The van der Waals surface area contributed by atoms with Crippen LogP contribution < -0.4 is 10.1 Å². The molecule has 1 aromatic carbocycles. The Bertz CT molecular complexity index is 659. The Labute approximate surface area is 162 Å². The number of hydrogen-bond donors (Lipinski definition) is 1. The summed E-state index contributed by atoms with van der Waals surface area (Å²) in [5, 5.41) is 2.67. The molecular weight excluding hydrogens is 378 g/mol. The minimum Gasteiger partial charge on any atom is -0.494 e. The molecule has 1 heterocycles. The fourth-order valence-corrected chi connectivity index (χ4v) is 4.06. The fraction of sp³-hybridized carbons (Fsp3) is 0.588. The molecule has 1 N–H and O–H groups in total. The molecular formula is C17H28ClN3O4S. The van der Waals surface area contributed by atoms with Gasteiger partial charge in [-0.2, -0.15) is 4.31 Å². The number of nitrogens with zero attached hydrogens (tertiary/aromatic N) is 2. The number of nitrogens with one attached hydrogen (secondary N) is 1. The molecule has 7 nitrogen and oxygen atoms in total. The van der Waals surface area contributed by atoms with Gasteiger partial charge in [-0.05, 0) is 37.7 Å². The number of sulfonamides is 1. The molecule has 0 saturated carbocycles. The summed E-state index contributed by atoms with van der Waals surface area (Å²) in [6.07, 6.45) is 0. The van der Waals surface area contributed by atoms with Crippen molar-refractivity contribution in [3.63, 3.8) is 0 Å². The van der Waals surface area contributed by atoms with Crippen molar-refractivity contribution in [2.75, 3.05) is 51.6 Å². The van der Waals surface area contributed by atoms with Crippen LogP contribution in [0.5, 0.6) is 5.75 Å². The van der Waals surface area contributed by atoms with Gasteiger partial charge in [0.15, 0.2) is 0 Å². The third kappa shape index (κ3) is 6.42. The predicted octanol–water partition coefficient (Wildman–Crippen LogP) is 1.20. The van der Waals surface area contributed by atoms with E-state index in [9.17, 15) is 13.2 Å². The summed E-state index contributed by atoms with van der Waals surface area (Å²) in [5.41, 5.74) is 0.484. The highest BCUT2D eigenvalue weighted by atomic mass is 35.5. The molecule has 26 heavy (non-hydrogen) atoms. The molecule has 1 aliphatic rings. The summed E-state index contributed by atoms with van der Waals surface area (Å²) in [6.45, 7) is 8.11. The zero-order valence-corrected chi connectivity index (χ0v) is 16.9. The van der Waals surface area contributed by atoms with Gasteiger partial charge in [-0.1, -0.05) is 6.92 Å². The average molecular weight is 406 g/mol. The Kier molecular flexibility index (Phi) is 9.35. The molecule has 1 saturated heterocycles. The van der Waals surface area contributed by atoms with Crippen molar-refractivity contribution in [3.05, 3.63) is 29.8 Å². The lowest BCUT2D eigenvalue weighted by Gasteiger charge is -2.33. The van der Waals surface area contributed by atoms with E-state index in [1.165, 1.54) is 4.31 Å². The monoisotopic (exact) mass is 405 g/mol. The van der Waals surface area contributed by atoms with E-state index in [1.807, 2.05) is 6.92 Å². The van der Waals surface area contributed by atoms with Crippen LogP contribution in [0.1, 0.15) is 24.2 Å². The SMILES string of the molecule is CCOc1ccc(C(=O)NCCS(=O)(=O)N2CCN(CC)CC2)cc1.Cl. The van der Waals surface area contributed by atoms with Crippen molar-refractivity contribution in [3.8, 4) is 5.75 Å². The third-order valence-electron chi connectivity index (χ3n) is 4.24. The molecule has 0 aliphatic carbocycles. The van der Waals surface area contributed by atoms with Crippen LogP contribution in [0.15, 0.2) is 24.3 Å². The maximum atomic E-state index is 12.4. The van der Waals surface area contributed by atoms with Gasteiger partial charge in [-0.15, -0.1) is 12.4 Å². The molecule has 9 heteroatoms. The lowest BCUT2D eigenvalue weighted by atomic mass is 10.2. The lowest BCUT2D eigenvalue weighted by molar-refractivity contribution is 0.0956. The minimum absolute atomic E-state index is 0. The molecule has 0 radical (unpaired) electrons. The molecule has 1 amide bonds. The van der Waals surface area contributed by atoms with E-state index >= 15 is 0 Å². The smallest absolute Gasteiger partial charge is 0.251 e. The molecule has 2 rings (SSSR count). The third-order valence-corrected chi connectivity index (χ3v) is 6.12. The number of ether oxygens (including phenoxy) is 1. The quantitative estimate of drug-likeness (QED) is 0.703. The highest BCUT2D eigenvalue weighted by Crippen LogP contribution is 2.12. The van der Waals surface area contributed by atoms with E-state index < -0.39 is 10.0 Å². The second-order valence-electron chi connectivity index (χ2n) is 5.86. The summed E-state index contributed by atoms with van der Waals surface area (Å²) in [7, 11) is -3.33. The van der Waals surface area contributed by atoms with Crippen molar-refractivity contribution in [1.29, 1.82) is 0 Å². The number of amides is 1. The van der Waals surface area contributed by atoms with Crippen molar-refractivity contribution in [2.24, 2.45) is 0 Å². The number of carbonyl (C=O) groups is 1. The summed E-state index contributed by atoms with van der Waals surface area (Å²) in [6, 6.07) is 6.78. The van der Waals surface area contributed by atoms with Gasteiger partial charge in [0.1, 0.15) is 5.75 Å². The first-order valence-corrected chi connectivity index (χ1v) is 10.3. The molecule has 0 unspecified atom stereocenters. The lowest BCUT2D eigenvalue weighted by Crippen LogP contribution is -2.49. The summed E-state index contributed by atoms with van der Waals surface area (Å²) >= 11 is 0. The zero-order valence-electron chi connectivity index (χ0n) is 15.3. The van der Waals surface area contributed by atoms with Gasteiger partial charge in [0.05, 0.1) is 12.4 Å². The van der Waals surface area contributed by atoms with Gasteiger partial charge >= 0.3 is 0 Å². The normalized spacial score (nSPS) is 15.9. The first-order chi connectivity index (χ1) is 12.0. The van der Waals surface area contributed by atoms with E-state index in [-0.39, 0.29) is 30.6 Å². The largest absolute Gasteiger partial charge is 0.494 e. The Morgan fingerprint density at radius 1 is 1.12 bits per heavy atom. The van der Waals surface area contributed by atoms with Crippen molar-refractivity contribution in [2.45, 2.75) is 13.8 Å². The molecule has 0 aromatic heterocycles.